The minimum Gasteiger partial charge on any atom is -0.294 e. The first-order valence-corrected chi connectivity index (χ1v) is 8.74. The molecule has 0 spiro atoms. The number of aromatic amines is 1. The van der Waals surface area contributed by atoms with Gasteiger partial charge in [-0.05, 0) is 50.5 Å². The highest BCUT2D eigenvalue weighted by atomic mass is 19.1. The van der Waals surface area contributed by atoms with Crippen LogP contribution in [0.2, 0.25) is 0 Å². The zero-order chi connectivity index (χ0) is 17.1. The van der Waals surface area contributed by atoms with Gasteiger partial charge in [-0.2, -0.15) is 0 Å². The van der Waals surface area contributed by atoms with E-state index in [2.05, 4.69) is 12.0 Å². The molecule has 24 heavy (non-hydrogen) atoms. The number of halogens is 1. The van der Waals surface area contributed by atoms with Crippen LogP contribution in [0.4, 0.5) is 4.39 Å². The minimum absolute atomic E-state index is 0.107. The molecule has 2 aromatic rings. The van der Waals surface area contributed by atoms with Crippen LogP contribution in [0.5, 0.6) is 0 Å². The van der Waals surface area contributed by atoms with Gasteiger partial charge in [0.2, 0.25) is 0 Å². The zero-order valence-corrected chi connectivity index (χ0v) is 14.3. The Hall–Kier alpha value is -2.17. The van der Waals surface area contributed by atoms with Gasteiger partial charge in [-0.25, -0.2) is 9.07 Å². The number of aliphatic imine (C=N–C) groups is 1. The average molecular weight is 329 g/mol. The number of hydrogen-bond acceptors (Lipinski definition) is 2. The van der Waals surface area contributed by atoms with E-state index in [9.17, 15) is 9.18 Å². The summed E-state index contributed by atoms with van der Waals surface area (Å²) in [5.41, 5.74) is 2.93. The van der Waals surface area contributed by atoms with Gasteiger partial charge in [0.05, 0.1) is 17.3 Å². The third kappa shape index (κ3) is 3.35. The van der Waals surface area contributed by atoms with E-state index in [0.717, 1.165) is 37.1 Å². The van der Waals surface area contributed by atoms with Crippen molar-refractivity contribution >= 4 is 5.71 Å². The molecular formula is C19H24FN3O. The van der Waals surface area contributed by atoms with Crippen molar-refractivity contribution in [3.63, 3.8) is 0 Å². The van der Waals surface area contributed by atoms with E-state index < -0.39 is 0 Å². The Bertz CT molecular complexity index is 780. The Morgan fingerprint density at radius 1 is 1.29 bits per heavy atom. The first-order valence-electron chi connectivity index (χ1n) is 8.74. The quantitative estimate of drug-likeness (QED) is 0.828. The second kappa shape index (κ2) is 7.16. The molecule has 0 unspecified atom stereocenters. The maximum atomic E-state index is 13.1. The van der Waals surface area contributed by atoms with Crippen LogP contribution in [0, 0.1) is 5.82 Å². The van der Waals surface area contributed by atoms with E-state index >= 15 is 0 Å². The molecule has 1 aliphatic rings. The number of rotatable bonds is 5. The molecule has 0 saturated heterocycles. The van der Waals surface area contributed by atoms with Crippen LogP contribution in [0.15, 0.2) is 34.1 Å². The predicted octanol–water partition coefficient (Wildman–Crippen LogP) is 4.01. The molecule has 5 heteroatoms. The van der Waals surface area contributed by atoms with E-state index in [0.29, 0.717) is 17.3 Å². The Balaban J connectivity index is 2.04. The number of aromatic nitrogens is 2. The van der Waals surface area contributed by atoms with Crippen LogP contribution in [0.3, 0.4) is 0 Å². The van der Waals surface area contributed by atoms with Crippen molar-refractivity contribution in [1.82, 2.24) is 9.78 Å². The zero-order valence-electron chi connectivity index (χ0n) is 14.3. The van der Waals surface area contributed by atoms with Crippen molar-refractivity contribution in [2.45, 2.75) is 58.4 Å². The Morgan fingerprint density at radius 2 is 1.96 bits per heavy atom. The van der Waals surface area contributed by atoms with Crippen LogP contribution in [-0.4, -0.2) is 21.5 Å². The summed E-state index contributed by atoms with van der Waals surface area (Å²) < 4.78 is 14.6. The standard InChI is InChI=1S/C19H24FN3O/c1-3-6-17-18(13(2)21-15-7-4-5-8-15)19(24)23(22-17)16-11-9-14(20)10-12-16/h9-12,15,22H,3-8H2,1-2H3. The van der Waals surface area contributed by atoms with Crippen LogP contribution in [0.25, 0.3) is 5.69 Å². The first kappa shape index (κ1) is 16.7. The molecule has 128 valence electrons. The van der Waals surface area contributed by atoms with E-state index in [-0.39, 0.29) is 11.4 Å². The van der Waals surface area contributed by atoms with Crippen molar-refractivity contribution in [2.75, 3.05) is 0 Å². The molecule has 3 rings (SSSR count). The van der Waals surface area contributed by atoms with Crippen LogP contribution < -0.4 is 5.56 Å². The normalized spacial score (nSPS) is 16.0. The monoisotopic (exact) mass is 329 g/mol. The van der Waals surface area contributed by atoms with E-state index in [1.807, 2.05) is 6.92 Å². The molecule has 1 N–H and O–H groups in total. The van der Waals surface area contributed by atoms with Gasteiger partial charge < -0.3 is 0 Å². The fourth-order valence-electron chi connectivity index (χ4n) is 3.43. The molecule has 0 aliphatic heterocycles. The lowest BCUT2D eigenvalue weighted by molar-refractivity contribution is 0.626. The number of benzene rings is 1. The van der Waals surface area contributed by atoms with E-state index in [1.54, 1.807) is 12.1 Å². The smallest absolute Gasteiger partial charge is 0.280 e. The van der Waals surface area contributed by atoms with Crippen molar-refractivity contribution in [2.24, 2.45) is 4.99 Å². The molecule has 0 radical (unpaired) electrons. The highest BCUT2D eigenvalue weighted by Gasteiger charge is 2.20. The van der Waals surface area contributed by atoms with Gasteiger partial charge in [0.15, 0.2) is 0 Å². The van der Waals surface area contributed by atoms with Gasteiger partial charge in [0, 0.05) is 11.4 Å². The second-order valence-electron chi connectivity index (χ2n) is 6.49. The molecule has 0 bridgehead atoms. The largest absolute Gasteiger partial charge is 0.294 e. The van der Waals surface area contributed by atoms with Crippen LogP contribution in [-0.2, 0) is 6.42 Å². The van der Waals surface area contributed by atoms with Crippen molar-refractivity contribution in [1.29, 1.82) is 0 Å². The van der Waals surface area contributed by atoms with Crippen molar-refractivity contribution < 1.29 is 4.39 Å². The minimum atomic E-state index is -0.314. The molecule has 1 aliphatic carbocycles. The van der Waals surface area contributed by atoms with Gasteiger partial charge in [-0.1, -0.05) is 26.2 Å². The number of aryl methyl sites for hydroxylation is 1. The summed E-state index contributed by atoms with van der Waals surface area (Å²) in [6, 6.07) is 6.28. The van der Waals surface area contributed by atoms with Gasteiger partial charge >= 0.3 is 0 Å². The summed E-state index contributed by atoms with van der Waals surface area (Å²) in [6.07, 6.45) is 6.38. The fourth-order valence-corrected chi connectivity index (χ4v) is 3.43. The molecule has 1 heterocycles. The molecule has 1 aromatic heterocycles. The second-order valence-corrected chi connectivity index (χ2v) is 6.49. The SMILES string of the molecule is CCCc1[nH]n(-c2ccc(F)cc2)c(=O)c1C(C)=NC1CCCC1. The third-order valence-electron chi connectivity index (χ3n) is 4.61. The van der Waals surface area contributed by atoms with Gasteiger partial charge in [-0.15, -0.1) is 0 Å². The summed E-state index contributed by atoms with van der Waals surface area (Å²) >= 11 is 0. The highest BCUT2D eigenvalue weighted by Crippen LogP contribution is 2.22. The van der Waals surface area contributed by atoms with E-state index in [1.165, 1.54) is 29.7 Å². The molecule has 1 fully saturated rings. The Morgan fingerprint density at radius 3 is 2.58 bits per heavy atom. The lowest BCUT2D eigenvalue weighted by Crippen LogP contribution is -2.20. The van der Waals surface area contributed by atoms with Gasteiger partial charge in [0.1, 0.15) is 5.82 Å². The number of hydrogen-bond donors (Lipinski definition) is 1. The number of nitrogens with one attached hydrogen (secondary N) is 1. The highest BCUT2D eigenvalue weighted by molar-refractivity contribution is 5.99. The third-order valence-corrected chi connectivity index (χ3v) is 4.61. The Kier molecular flexibility index (Phi) is 4.97. The molecule has 1 aromatic carbocycles. The summed E-state index contributed by atoms with van der Waals surface area (Å²) in [5, 5.41) is 3.19. The Labute approximate surface area is 141 Å². The number of nitrogens with zero attached hydrogens (tertiary/aromatic N) is 2. The molecule has 4 nitrogen and oxygen atoms in total. The first-order chi connectivity index (χ1) is 11.6. The lowest BCUT2D eigenvalue weighted by Gasteiger charge is -2.05. The van der Waals surface area contributed by atoms with Gasteiger partial charge in [-0.3, -0.25) is 14.9 Å². The average Bonchev–Trinajstić information content (AvgIpc) is 3.17. The van der Waals surface area contributed by atoms with Crippen LogP contribution >= 0.6 is 0 Å². The number of H-pyrrole nitrogens is 1. The summed E-state index contributed by atoms with van der Waals surface area (Å²) in [4.78, 5) is 17.7. The maximum absolute atomic E-state index is 13.1. The van der Waals surface area contributed by atoms with E-state index in [4.69, 9.17) is 4.99 Å². The lowest BCUT2D eigenvalue weighted by atomic mass is 10.1. The predicted molar refractivity (Wildman–Crippen MR) is 94.8 cm³/mol. The molecule has 0 amide bonds. The summed E-state index contributed by atoms with van der Waals surface area (Å²) in [7, 11) is 0. The summed E-state index contributed by atoms with van der Waals surface area (Å²) in [5.74, 6) is -0.314. The van der Waals surface area contributed by atoms with Crippen LogP contribution in [0.1, 0.15) is 57.2 Å². The topological polar surface area (TPSA) is 50.1 Å². The fraction of sp³-hybridized carbons (Fsp3) is 0.474. The summed E-state index contributed by atoms with van der Waals surface area (Å²) in [6.45, 7) is 4.01. The molecular weight excluding hydrogens is 305 g/mol. The molecule has 0 atom stereocenters. The molecule has 1 saturated carbocycles. The van der Waals surface area contributed by atoms with Gasteiger partial charge in [0.25, 0.3) is 5.56 Å². The van der Waals surface area contributed by atoms with Crippen molar-refractivity contribution in [3.05, 3.63) is 51.7 Å². The van der Waals surface area contributed by atoms with Crippen molar-refractivity contribution in [3.8, 4) is 5.69 Å². The maximum Gasteiger partial charge on any atom is 0.280 e.